The predicted octanol–water partition coefficient (Wildman–Crippen LogP) is 3.96. The zero-order chi connectivity index (χ0) is 14.0. The van der Waals surface area contributed by atoms with Gasteiger partial charge in [-0.05, 0) is 19.1 Å². The van der Waals surface area contributed by atoms with Crippen LogP contribution in [0.4, 0.5) is 0 Å². The molecule has 0 bridgehead atoms. The van der Waals surface area contributed by atoms with Gasteiger partial charge < -0.3 is 14.2 Å². The van der Waals surface area contributed by atoms with Gasteiger partial charge in [-0.1, -0.05) is 38.8 Å². The highest BCUT2D eigenvalue weighted by Gasteiger charge is 2.26. The lowest BCUT2D eigenvalue weighted by Gasteiger charge is -2.22. The van der Waals surface area contributed by atoms with Crippen molar-refractivity contribution in [3.8, 4) is 11.5 Å². The molecule has 2 atom stereocenters. The summed E-state index contributed by atoms with van der Waals surface area (Å²) in [7, 11) is 0. The van der Waals surface area contributed by atoms with Gasteiger partial charge in [0.2, 0.25) is 6.79 Å². The fourth-order valence-corrected chi connectivity index (χ4v) is 2.72. The predicted molar refractivity (Wildman–Crippen MR) is 77.8 cm³/mol. The Morgan fingerprint density at radius 3 is 2.63 bits per heavy atom. The smallest absolute Gasteiger partial charge is 0.306 e. The Labute approximate surface area is 128 Å². The minimum Gasteiger partial charge on any atom is -0.456 e. The standard InChI is InChI=1S/C13H14Br2O4/c1-3-12(16)19-13(7(2)14)8-4-10-11(5-9(8)15)18-6-17-10/h4-5,7,13H,3,6H2,1-2H3/t7-,13+/m0/s1. The van der Waals surface area contributed by atoms with Crippen molar-refractivity contribution in [3.63, 3.8) is 0 Å². The minimum atomic E-state index is -0.378. The van der Waals surface area contributed by atoms with Gasteiger partial charge in [-0.2, -0.15) is 0 Å². The minimum absolute atomic E-state index is 0.0142. The summed E-state index contributed by atoms with van der Waals surface area (Å²) in [5.41, 5.74) is 0.857. The van der Waals surface area contributed by atoms with Gasteiger partial charge in [0.25, 0.3) is 0 Å². The lowest BCUT2D eigenvalue weighted by Crippen LogP contribution is -2.17. The Balaban J connectivity index is 2.34. The third-order valence-corrected chi connectivity index (χ3v) is 3.93. The zero-order valence-electron chi connectivity index (χ0n) is 10.6. The number of halogens is 2. The molecule has 0 saturated carbocycles. The van der Waals surface area contributed by atoms with Crippen LogP contribution in [0.3, 0.4) is 0 Å². The Kier molecular flexibility index (Phi) is 4.73. The highest BCUT2D eigenvalue weighted by atomic mass is 79.9. The topological polar surface area (TPSA) is 44.8 Å². The van der Waals surface area contributed by atoms with Crippen LogP contribution in [0.2, 0.25) is 0 Å². The van der Waals surface area contributed by atoms with Crippen molar-refractivity contribution in [3.05, 3.63) is 22.2 Å². The van der Waals surface area contributed by atoms with E-state index in [4.69, 9.17) is 14.2 Å². The fraction of sp³-hybridized carbons (Fsp3) is 0.462. The molecule has 0 N–H and O–H groups in total. The first kappa shape index (κ1) is 14.7. The molecule has 1 aliphatic heterocycles. The van der Waals surface area contributed by atoms with E-state index in [0.29, 0.717) is 17.9 Å². The first-order valence-corrected chi connectivity index (χ1v) is 7.66. The summed E-state index contributed by atoms with van der Waals surface area (Å²) >= 11 is 6.96. The number of hydrogen-bond acceptors (Lipinski definition) is 4. The molecule has 6 heteroatoms. The van der Waals surface area contributed by atoms with Crippen molar-refractivity contribution in [1.29, 1.82) is 0 Å². The van der Waals surface area contributed by atoms with Crippen LogP contribution >= 0.6 is 31.9 Å². The highest BCUT2D eigenvalue weighted by molar-refractivity contribution is 9.10. The van der Waals surface area contributed by atoms with Crippen LogP contribution in [0.5, 0.6) is 11.5 Å². The van der Waals surface area contributed by atoms with Crippen LogP contribution in [0.15, 0.2) is 16.6 Å². The average molecular weight is 394 g/mol. The third-order valence-electron chi connectivity index (χ3n) is 2.76. The van der Waals surface area contributed by atoms with E-state index in [0.717, 1.165) is 10.0 Å². The first-order chi connectivity index (χ1) is 9.02. The van der Waals surface area contributed by atoms with Crippen LogP contribution in [0.25, 0.3) is 0 Å². The number of esters is 1. The molecule has 0 unspecified atom stereocenters. The van der Waals surface area contributed by atoms with Gasteiger partial charge in [0.05, 0.1) is 4.83 Å². The van der Waals surface area contributed by atoms with Gasteiger partial charge in [0.15, 0.2) is 11.5 Å². The molecular weight excluding hydrogens is 380 g/mol. The molecule has 0 aromatic heterocycles. The summed E-state index contributed by atoms with van der Waals surface area (Å²) in [6.07, 6.45) is -0.0328. The number of ether oxygens (including phenoxy) is 3. The van der Waals surface area contributed by atoms with Crippen molar-refractivity contribution in [2.24, 2.45) is 0 Å². The monoisotopic (exact) mass is 392 g/mol. The Bertz CT molecular complexity index is 488. The quantitative estimate of drug-likeness (QED) is 0.573. The van der Waals surface area contributed by atoms with Gasteiger partial charge in [-0.15, -0.1) is 0 Å². The molecule has 0 spiro atoms. The van der Waals surface area contributed by atoms with E-state index in [1.165, 1.54) is 0 Å². The van der Waals surface area contributed by atoms with E-state index in [9.17, 15) is 4.79 Å². The second-order valence-electron chi connectivity index (χ2n) is 4.17. The maximum absolute atomic E-state index is 11.5. The van der Waals surface area contributed by atoms with E-state index in [2.05, 4.69) is 31.9 Å². The largest absolute Gasteiger partial charge is 0.456 e. The molecule has 0 saturated heterocycles. The zero-order valence-corrected chi connectivity index (χ0v) is 13.8. The molecule has 4 nitrogen and oxygen atoms in total. The van der Waals surface area contributed by atoms with Crippen LogP contribution in [0.1, 0.15) is 31.9 Å². The molecule has 104 valence electrons. The molecule has 1 aromatic rings. The fourth-order valence-electron chi connectivity index (χ4n) is 1.78. The summed E-state index contributed by atoms with van der Waals surface area (Å²) in [5.74, 6) is 1.13. The molecule has 1 aliphatic rings. The lowest BCUT2D eigenvalue weighted by atomic mass is 10.1. The van der Waals surface area contributed by atoms with Crippen LogP contribution in [0, 0.1) is 0 Å². The maximum atomic E-state index is 11.5. The van der Waals surface area contributed by atoms with E-state index in [-0.39, 0.29) is 23.7 Å². The third kappa shape index (κ3) is 3.23. The van der Waals surface area contributed by atoms with Crippen LogP contribution in [-0.2, 0) is 9.53 Å². The number of carbonyl (C=O) groups excluding carboxylic acids is 1. The molecule has 0 fully saturated rings. The second-order valence-corrected chi connectivity index (χ2v) is 6.47. The molecule has 1 aromatic carbocycles. The number of alkyl halides is 1. The van der Waals surface area contributed by atoms with Crippen molar-refractivity contribution in [2.45, 2.75) is 31.2 Å². The van der Waals surface area contributed by atoms with E-state index in [1.54, 1.807) is 6.92 Å². The summed E-state index contributed by atoms with van der Waals surface area (Å²) in [5, 5.41) is 0. The van der Waals surface area contributed by atoms with Gasteiger partial charge in [0, 0.05) is 16.5 Å². The SMILES string of the molecule is CCC(=O)O[C@@H](c1cc2c(cc1Br)OCO2)[C@H](C)Br. The molecule has 19 heavy (non-hydrogen) atoms. The average Bonchev–Trinajstić information content (AvgIpc) is 2.81. The van der Waals surface area contributed by atoms with Crippen LogP contribution < -0.4 is 9.47 Å². The number of benzene rings is 1. The summed E-state index contributed by atoms with van der Waals surface area (Å²) in [4.78, 5) is 11.5. The number of fused-ring (bicyclic) bond motifs is 1. The summed E-state index contributed by atoms with van der Waals surface area (Å²) in [6.45, 7) is 3.92. The normalized spacial score (nSPS) is 16.0. The Morgan fingerprint density at radius 2 is 2.05 bits per heavy atom. The van der Waals surface area contributed by atoms with Gasteiger partial charge in [-0.25, -0.2) is 0 Å². The van der Waals surface area contributed by atoms with Crippen molar-refractivity contribution >= 4 is 37.8 Å². The number of rotatable bonds is 4. The first-order valence-electron chi connectivity index (χ1n) is 5.95. The second kappa shape index (κ2) is 6.13. The molecule has 2 rings (SSSR count). The van der Waals surface area contributed by atoms with E-state index >= 15 is 0 Å². The van der Waals surface area contributed by atoms with Gasteiger partial charge in [-0.3, -0.25) is 4.79 Å². The maximum Gasteiger partial charge on any atom is 0.306 e. The molecule has 1 heterocycles. The van der Waals surface area contributed by atoms with Crippen molar-refractivity contribution in [1.82, 2.24) is 0 Å². The Hall–Kier alpha value is -0.750. The van der Waals surface area contributed by atoms with Gasteiger partial charge >= 0.3 is 5.97 Å². The van der Waals surface area contributed by atoms with Crippen LogP contribution in [-0.4, -0.2) is 17.6 Å². The van der Waals surface area contributed by atoms with E-state index in [1.807, 2.05) is 19.1 Å². The number of hydrogen-bond donors (Lipinski definition) is 0. The lowest BCUT2D eigenvalue weighted by molar-refractivity contribution is -0.148. The molecular formula is C13H14Br2O4. The van der Waals surface area contributed by atoms with Crippen molar-refractivity contribution in [2.75, 3.05) is 6.79 Å². The summed E-state index contributed by atoms with van der Waals surface area (Å²) < 4.78 is 17.0. The highest BCUT2D eigenvalue weighted by Crippen LogP contribution is 2.41. The molecule has 0 amide bonds. The van der Waals surface area contributed by atoms with Gasteiger partial charge in [0.1, 0.15) is 6.10 Å². The van der Waals surface area contributed by atoms with Crippen molar-refractivity contribution < 1.29 is 19.0 Å². The Morgan fingerprint density at radius 1 is 1.42 bits per heavy atom. The molecule has 0 aliphatic carbocycles. The summed E-state index contributed by atoms with van der Waals surface area (Å²) in [6, 6.07) is 3.68. The molecule has 0 radical (unpaired) electrons. The number of carbonyl (C=O) groups is 1. The van der Waals surface area contributed by atoms with E-state index < -0.39 is 0 Å².